The summed E-state index contributed by atoms with van der Waals surface area (Å²) >= 11 is 0. The minimum Gasteiger partial charge on any atom is -0.481 e. The molecule has 1 aromatic heterocycles. The first-order valence-electron chi connectivity index (χ1n) is 6.73. The molecule has 0 amide bonds. The van der Waals surface area contributed by atoms with Gasteiger partial charge in [0.15, 0.2) is 0 Å². The van der Waals surface area contributed by atoms with Crippen molar-refractivity contribution in [2.24, 2.45) is 5.92 Å². The molecule has 1 aromatic carbocycles. The van der Waals surface area contributed by atoms with Crippen LogP contribution in [0.3, 0.4) is 0 Å². The summed E-state index contributed by atoms with van der Waals surface area (Å²) in [6.45, 7) is 8.20. The Kier molecular flexibility index (Phi) is 3.65. The van der Waals surface area contributed by atoms with Crippen molar-refractivity contribution < 1.29 is 9.90 Å². The van der Waals surface area contributed by atoms with Gasteiger partial charge in [-0.1, -0.05) is 13.0 Å². The normalized spacial score (nSPS) is 13.1. The summed E-state index contributed by atoms with van der Waals surface area (Å²) in [7, 11) is 0. The van der Waals surface area contributed by atoms with Gasteiger partial charge in [-0.05, 0) is 51.0 Å². The standard InChI is InChI=1S/C16H21NO2/c1-10(2)17-12(4)8-14-9-13(5-6-15(14)17)7-11(3)16(18)19/h5-6,8-11H,7H2,1-4H3,(H,18,19). The average Bonchev–Trinajstić information content (AvgIpc) is 2.63. The number of fused-ring (bicyclic) bond motifs is 1. The van der Waals surface area contributed by atoms with Gasteiger partial charge in [0.25, 0.3) is 0 Å². The Bertz CT molecular complexity index is 610. The van der Waals surface area contributed by atoms with E-state index < -0.39 is 5.97 Å². The molecule has 0 bridgehead atoms. The molecule has 19 heavy (non-hydrogen) atoms. The minimum absolute atomic E-state index is 0.342. The Labute approximate surface area is 113 Å². The molecule has 3 heteroatoms. The third-order valence-electron chi connectivity index (χ3n) is 3.58. The first-order valence-corrected chi connectivity index (χ1v) is 6.73. The number of aliphatic carboxylic acids is 1. The molecule has 0 radical (unpaired) electrons. The van der Waals surface area contributed by atoms with Crippen LogP contribution in [0.1, 0.15) is 38.1 Å². The quantitative estimate of drug-likeness (QED) is 0.907. The number of aromatic nitrogens is 1. The summed E-state index contributed by atoms with van der Waals surface area (Å²) < 4.78 is 2.31. The molecule has 2 rings (SSSR count). The highest BCUT2D eigenvalue weighted by molar-refractivity contribution is 5.82. The number of hydrogen-bond donors (Lipinski definition) is 1. The number of carboxylic acids is 1. The van der Waals surface area contributed by atoms with Gasteiger partial charge in [-0.15, -0.1) is 0 Å². The Balaban J connectivity index is 2.40. The molecule has 0 spiro atoms. The second kappa shape index (κ2) is 5.08. The van der Waals surface area contributed by atoms with Gasteiger partial charge in [0.1, 0.15) is 0 Å². The first-order chi connectivity index (χ1) is 8.90. The summed E-state index contributed by atoms with van der Waals surface area (Å²) in [6, 6.07) is 8.86. The Morgan fingerprint density at radius 2 is 1.95 bits per heavy atom. The van der Waals surface area contributed by atoms with E-state index in [1.807, 2.05) is 6.07 Å². The lowest BCUT2D eigenvalue weighted by atomic mass is 10.0. The fourth-order valence-corrected chi connectivity index (χ4v) is 2.68. The van der Waals surface area contributed by atoms with Crippen LogP contribution >= 0.6 is 0 Å². The SMILES string of the molecule is Cc1cc2cc(CC(C)C(=O)O)ccc2n1C(C)C. The predicted molar refractivity (Wildman–Crippen MR) is 77.6 cm³/mol. The van der Waals surface area contributed by atoms with E-state index in [1.54, 1.807) is 6.92 Å². The maximum absolute atomic E-state index is 10.9. The van der Waals surface area contributed by atoms with E-state index in [4.69, 9.17) is 5.11 Å². The second-order valence-corrected chi connectivity index (χ2v) is 5.59. The summed E-state index contributed by atoms with van der Waals surface area (Å²) in [4.78, 5) is 10.9. The van der Waals surface area contributed by atoms with Crippen LogP contribution in [0, 0.1) is 12.8 Å². The summed E-state index contributed by atoms with van der Waals surface area (Å²) in [5.74, 6) is -1.08. The third kappa shape index (κ3) is 2.65. The van der Waals surface area contributed by atoms with Crippen LogP contribution in [0.4, 0.5) is 0 Å². The van der Waals surface area contributed by atoms with E-state index in [-0.39, 0.29) is 5.92 Å². The molecule has 0 aliphatic carbocycles. The number of aryl methyl sites for hydroxylation is 1. The van der Waals surface area contributed by atoms with Gasteiger partial charge < -0.3 is 9.67 Å². The molecule has 1 heterocycles. The zero-order valence-corrected chi connectivity index (χ0v) is 12.0. The van der Waals surface area contributed by atoms with E-state index in [0.29, 0.717) is 12.5 Å². The number of benzene rings is 1. The summed E-state index contributed by atoms with van der Waals surface area (Å²) in [5.41, 5.74) is 3.55. The van der Waals surface area contributed by atoms with Crippen molar-refractivity contribution in [2.45, 2.75) is 40.2 Å². The third-order valence-corrected chi connectivity index (χ3v) is 3.58. The van der Waals surface area contributed by atoms with Crippen LogP contribution in [0.25, 0.3) is 10.9 Å². The van der Waals surface area contributed by atoms with E-state index in [0.717, 1.165) is 5.56 Å². The Hall–Kier alpha value is -1.77. The highest BCUT2D eigenvalue weighted by Gasteiger charge is 2.13. The molecule has 1 unspecified atom stereocenters. The highest BCUT2D eigenvalue weighted by Crippen LogP contribution is 2.25. The monoisotopic (exact) mass is 259 g/mol. The molecule has 1 atom stereocenters. The predicted octanol–water partition coefficient (Wildman–Crippen LogP) is 3.79. The lowest BCUT2D eigenvalue weighted by Crippen LogP contribution is -2.12. The number of rotatable bonds is 4. The fraction of sp³-hybridized carbons (Fsp3) is 0.438. The van der Waals surface area contributed by atoms with Gasteiger partial charge in [0, 0.05) is 22.6 Å². The van der Waals surface area contributed by atoms with Gasteiger partial charge >= 0.3 is 5.97 Å². The maximum atomic E-state index is 10.9. The lowest BCUT2D eigenvalue weighted by Gasteiger charge is -2.12. The molecule has 1 N–H and O–H groups in total. The van der Waals surface area contributed by atoms with Gasteiger partial charge in [0.2, 0.25) is 0 Å². The zero-order valence-electron chi connectivity index (χ0n) is 12.0. The number of carboxylic acid groups (broad SMARTS) is 1. The van der Waals surface area contributed by atoms with Crippen LogP contribution in [-0.4, -0.2) is 15.6 Å². The molecule has 3 nitrogen and oxygen atoms in total. The molecular formula is C16H21NO2. The fourth-order valence-electron chi connectivity index (χ4n) is 2.68. The van der Waals surface area contributed by atoms with Crippen molar-refractivity contribution in [3.63, 3.8) is 0 Å². The van der Waals surface area contributed by atoms with Gasteiger partial charge in [-0.25, -0.2) is 0 Å². The van der Waals surface area contributed by atoms with Crippen molar-refractivity contribution >= 4 is 16.9 Å². The summed E-state index contributed by atoms with van der Waals surface area (Å²) in [6.07, 6.45) is 0.581. The van der Waals surface area contributed by atoms with Gasteiger partial charge in [-0.2, -0.15) is 0 Å². The zero-order chi connectivity index (χ0) is 14.2. The van der Waals surface area contributed by atoms with Gasteiger partial charge in [0.05, 0.1) is 5.92 Å². The Morgan fingerprint density at radius 3 is 2.53 bits per heavy atom. The van der Waals surface area contributed by atoms with Crippen LogP contribution < -0.4 is 0 Å². The van der Waals surface area contributed by atoms with Crippen LogP contribution in [0.2, 0.25) is 0 Å². The molecule has 0 fully saturated rings. The van der Waals surface area contributed by atoms with Crippen molar-refractivity contribution in [3.05, 3.63) is 35.5 Å². The number of carbonyl (C=O) groups is 1. The average molecular weight is 259 g/mol. The van der Waals surface area contributed by atoms with Crippen molar-refractivity contribution in [3.8, 4) is 0 Å². The van der Waals surface area contributed by atoms with Gasteiger partial charge in [-0.3, -0.25) is 4.79 Å². The van der Waals surface area contributed by atoms with Crippen LogP contribution in [0.5, 0.6) is 0 Å². The lowest BCUT2D eigenvalue weighted by molar-refractivity contribution is -0.141. The van der Waals surface area contributed by atoms with E-state index in [2.05, 4.69) is 43.5 Å². The van der Waals surface area contributed by atoms with E-state index >= 15 is 0 Å². The van der Waals surface area contributed by atoms with E-state index in [9.17, 15) is 4.79 Å². The molecule has 102 valence electrons. The number of hydrogen-bond acceptors (Lipinski definition) is 1. The first kappa shape index (κ1) is 13.7. The van der Waals surface area contributed by atoms with Crippen molar-refractivity contribution in [1.82, 2.24) is 4.57 Å². The van der Waals surface area contributed by atoms with Crippen molar-refractivity contribution in [1.29, 1.82) is 0 Å². The molecule has 0 aliphatic rings. The molecule has 0 aliphatic heterocycles. The van der Waals surface area contributed by atoms with E-state index in [1.165, 1.54) is 16.6 Å². The Morgan fingerprint density at radius 1 is 1.26 bits per heavy atom. The molecular weight excluding hydrogens is 238 g/mol. The topological polar surface area (TPSA) is 42.2 Å². The summed E-state index contributed by atoms with van der Waals surface area (Å²) in [5, 5.41) is 10.2. The molecule has 0 saturated heterocycles. The van der Waals surface area contributed by atoms with Crippen LogP contribution in [-0.2, 0) is 11.2 Å². The van der Waals surface area contributed by atoms with Crippen molar-refractivity contribution in [2.75, 3.05) is 0 Å². The van der Waals surface area contributed by atoms with Crippen LogP contribution in [0.15, 0.2) is 24.3 Å². The molecule has 0 saturated carbocycles. The smallest absolute Gasteiger partial charge is 0.306 e. The maximum Gasteiger partial charge on any atom is 0.306 e. The molecule has 2 aromatic rings. The highest BCUT2D eigenvalue weighted by atomic mass is 16.4. The minimum atomic E-state index is -0.740. The largest absolute Gasteiger partial charge is 0.481 e. The second-order valence-electron chi connectivity index (χ2n) is 5.59. The number of nitrogens with zero attached hydrogens (tertiary/aromatic N) is 1.